The lowest BCUT2D eigenvalue weighted by Crippen LogP contribution is -2.29. The zero-order valence-corrected chi connectivity index (χ0v) is 32.6. The van der Waals surface area contributed by atoms with Gasteiger partial charge in [0.25, 0.3) is 0 Å². The Morgan fingerprint density at radius 3 is 1.12 bits per heavy atom. The van der Waals surface area contributed by atoms with Gasteiger partial charge in [0.15, 0.2) is 0 Å². The fraction of sp³-hybridized carbons (Fsp3) is 0.0351. The first-order valence-electron chi connectivity index (χ1n) is 20.3. The van der Waals surface area contributed by atoms with Gasteiger partial charge in [0.1, 0.15) is 5.82 Å². The summed E-state index contributed by atoms with van der Waals surface area (Å²) in [6.45, 7) is 0. The van der Waals surface area contributed by atoms with Crippen molar-refractivity contribution >= 4 is 17.1 Å². The average molecular weight is 769 g/mol. The molecule has 2 aliphatic rings. The molecule has 0 amide bonds. The lowest BCUT2D eigenvalue weighted by atomic mass is 9.67. The quantitative estimate of drug-likeness (QED) is 0.161. The molecule has 0 unspecified atom stereocenters. The van der Waals surface area contributed by atoms with E-state index in [0.717, 1.165) is 55.9 Å². The Balaban J connectivity index is 1.21. The summed E-state index contributed by atoms with van der Waals surface area (Å²) < 4.78 is 16.8. The van der Waals surface area contributed by atoms with Gasteiger partial charge in [0, 0.05) is 11.4 Å². The second kappa shape index (κ2) is 13.9. The third kappa shape index (κ3) is 5.04. The number of nitriles is 1. The summed E-state index contributed by atoms with van der Waals surface area (Å²) in [5.74, 6) is -0.476. The summed E-state index contributed by atoms with van der Waals surface area (Å²) in [4.78, 5) is 2.03. The predicted molar refractivity (Wildman–Crippen MR) is 240 cm³/mol. The van der Waals surface area contributed by atoms with Gasteiger partial charge in [-0.2, -0.15) is 5.26 Å². The molecule has 0 aromatic heterocycles. The van der Waals surface area contributed by atoms with Crippen molar-refractivity contribution in [2.45, 2.75) is 10.8 Å². The molecule has 3 heteroatoms. The molecule has 0 saturated carbocycles. The second-order valence-electron chi connectivity index (χ2n) is 15.6. The number of hydrogen-bond donors (Lipinski definition) is 0. The highest BCUT2D eigenvalue weighted by Crippen LogP contribution is 2.59. The Labute approximate surface area is 349 Å². The van der Waals surface area contributed by atoms with Crippen molar-refractivity contribution in [1.29, 1.82) is 5.26 Å². The minimum atomic E-state index is -0.644. The number of rotatable bonds is 7. The van der Waals surface area contributed by atoms with Crippen LogP contribution in [-0.2, 0) is 10.8 Å². The van der Waals surface area contributed by atoms with Crippen LogP contribution in [0.1, 0.15) is 50.1 Å². The lowest BCUT2D eigenvalue weighted by Gasteiger charge is -2.36. The van der Waals surface area contributed by atoms with Crippen molar-refractivity contribution in [2.24, 2.45) is 0 Å². The van der Waals surface area contributed by atoms with Crippen LogP contribution in [0.2, 0.25) is 0 Å². The molecule has 0 radical (unpaired) electrons. The number of fused-ring (bicyclic) bond motifs is 6. The molecule has 11 rings (SSSR count). The maximum absolute atomic E-state index is 16.8. The van der Waals surface area contributed by atoms with Crippen LogP contribution in [0.15, 0.2) is 224 Å². The van der Waals surface area contributed by atoms with E-state index < -0.39 is 16.6 Å². The van der Waals surface area contributed by atoms with Gasteiger partial charge in [0.2, 0.25) is 0 Å². The van der Waals surface area contributed by atoms with Gasteiger partial charge in [-0.05, 0) is 109 Å². The van der Waals surface area contributed by atoms with Gasteiger partial charge in [0.05, 0.1) is 28.2 Å². The van der Waals surface area contributed by atoms with Crippen LogP contribution in [0.4, 0.5) is 21.5 Å². The molecule has 0 saturated heterocycles. The van der Waals surface area contributed by atoms with Crippen LogP contribution >= 0.6 is 0 Å². The van der Waals surface area contributed by atoms with E-state index in [4.69, 9.17) is 0 Å². The van der Waals surface area contributed by atoms with Gasteiger partial charge in [-0.15, -0.1) is 0 Å². The molecule has 2 aliphatic carbocycles. The molecule has 0 fully saturated rings. The van der Waals surface area contributed by atoms with Gasteiger partial charge in [-0.3, -0.25) is 0 Å². The Kier molecular flexibility index (Phi) is 8.22. The molecule has 282 valence electrons. The summed E-state index contributed by atoms with van der Waals surface area (Å²) in [6, 6.07) is 80.3. The van der Waals surface area contributed by atoms with Crippen LogP contribution in [0.5, 0.6) is 0 Å². The number of anilines is 3. The van der Waals surface area contributed by atoms with E-state index >= 15 is 4.39 Å². The Morgan fingerprint density at radius 1 is 0.367 bits per heavy atom. The first-order chi connectivity index (χ1) is 29.6. The number of benzene rings is 9. The molecule has 9 aromatic rings. The van der Waals surface area contributed by atoms with Crippen molar-refractivity contribution in [1.82, 2.24) is 0 Å². The highest BCUT2D eigenvalue weighted by atomic mass is 19.1. The summed E-state index contributed by atoms with van der Waals surface area (Å²) >= 11 is 0. The molecule has 0 N–H and O–H groups in total. The maximum atomic E-state index is 16.8. The molecule has 0 spiro atoms. The minimum Gasteiger partial charge on any atom is -0.308 e. The molecule has 2 nitrogen and oxygen atoms in total. The van der Waals surface area contributed by atoms with Gasteiger partial charge in [-0.1, -0.05) is 182 Å². The summed E-state index contributed by atoms with van der Waals surface area (Å²) in [5, 5.41) is 9.83. The highest BCUT2D eigenvalue weighted by Gasteiger charge is 2.48. The van der Waals surface area contributed by atoms with E-state index in [2.05, 4.69) is 212 Å². The average Bonchev–Trinajstić information content (AvgIpc) is 3.79. The molecule has 0 bridgehead atoms. The van der Waals surface area contributed by atoms with Crippen molar-refractivity contribution in [3.63, 3.8) is 0 Å². The third-order valence-corrected chi connectivity index (χ3v) is 12.7. The first kappa shape index (κ1) is 35.4. The van der Waals surface area contributed by atoms with Gasteiger partial charge >= 0.3 is 0 Å². The highest BCUT2D eigenvalue weighted by molar-refractivity contribution is 5.92. The predicted octanol–water partition coefficient (Wildman–Crippen LogP) is 13.9. The Bertz CT molecular complexity index is 2850. The minimum absolute atomic E-state index is 0.268. The molecule has 0 aliphatic heterocycles. The van der Waals surface area contributed by atoms with E-state index in [-0.39, 0.29) is 5.56 Å². The monoisotopic (exact) mass is 768 g/mol. The topological polar surface area (TPSA) is 27.0 Å². The van der Waals surface area contributed by atoms with Crippen molar-refractivity contribution in [2.75, 3.05) is 4.90 Å². The van der Waals surface area contributed by atoms with E-state index in [1.807, 2.05) is 4.90 Å². The van der Waals surface area contributed by atoms with Crippen LogP contribution < -0.4 is 4.90 Å². The number of hydrogen-bond acceptors (Lipinski definition) is 2. The summed E-state index contributed by atoms with van der Waals surface area (Å²) in [7, 11) is 0. The molecule has 0 heterocycles. The molecule has 60 heavy (non-hydrogen) atoms. The first-order valence-corrected chi connectivity index (χ1v) is 20.3. The normalized spacial score (nSPS) is 13.7. The van der Waals surface area contributed by atoms with E-state index in [1.165, 1.54) is 28.3 Å². The molecular formula is C57H37FN2. The van der Waals surface area contributed by atoms with Crippen LogP contribution in [-0.4, -0.2) is 0 Å². The Morgan fingerprint density at radius 2 is 0.733 bits per heavy atom. The zero-order valence-electron chi connectivity index (χ0n) is 32.6. The van der Waals surface area contributed by atoms with Crippen molar-refractivity contribution in [3.8, 4) is 28.3 Å². The standard InChI is InChI=1S/C57H37FN2/c58-54-35-39(38-59)29-34-55(54)60(44-30-32-48-46-25-13-15-27-50(46)56(52(48)36-44,40-17-5-1-6-18-40)41-19-7-2-8-20-41)45-31-33-49-47-26-14-16-28-51(47)57(53(49)37-45,42-21-9-3-10-22-42)43-23-11-4-12-24-43/h1-37H. The molecular weight excluding hydrogens is 732 g/mol. The molecule has 0 atom stereocenters. The maximum Gasteiger partial charge on any atom is 0.148 e. The van der Waals surface area contributed by atoms with Crippen molar-refractivity contribution in [3.05, 3.63) is 280 Å². The van der Waals surface area contributed by atoms with E-state index in [1.54, 1.807) is 12.1 Å². The van der Waals surface area contributed by atoms with E-state index in [9.17, 15) is 5.26 Å². The zero-order chi connectivity index (χ0) is 40.3. The van der Waals surface area contributed by atoms with Crippen LogP contribution in [0, 0.1) is 17.1 Å². The lowest BCUT2D eigenvalue weighted by molar-refractivity contribution is 0.628. The number of nitrogens with zero attached hydrogens (tertiary/aromatic N) is 2. The summed E-state index contributed by atoms with van der Waals surface area (Å²) in [6.07, 6.45) is 0. The third-order valence-electron chi connectivity index (χ3n) is 12.7. The van der Waals surface area contributed by atoms with Crippen molar-refractivity contribution < 1.29 is 4.39 Å². The smallest absolute Gasteiger partial charge is 0.148 e. The SMILES string of the molecule is N#Cc1ccc(N(c2ccc3c(c2)C(c2ccccc2)(c2ccccc2)c2ccccc2-3)c2ccc3c(c2)C(c2ccccc2)(c2ccccc2)c2ccccc2-3)c(F)c1. The number of halogens is 1. The largest absolute Gasteiger partial charge is 0.308 e. The molecule has 9 aromatic carbocycles. The fourth-order valence-corrected chi connectivity index (χ4v) is 10.3. The fourth-order valence-electron chi connectivity index (χ4n) is 10.3. The van der Waals surface area contributed by atoms with Gasteiger partial charge in [-0.25, -0.2) is 4.39 Å². The second-order valence-corrected chi connectivity index (χ2v) is 15.6. The van der Waals surface area contributed by atoms with Gasteiger partial charge < -0.3 is 4.90 Å². The van der Waals surface area contributed by atoms with Crippen LogP contribution in [0.3, 0.4) is 0 Å². The Hall–Kier alpha value is -7.80. The van der Waals surface area contributed by atoms with E-state index in [0.29, 0.717) is 5.69 Å². The summed E-state index contributed by atoms with van der Waals surface area (Å²) in [5.41, 5.74) is 14.8. The van der Waals surface area contributed by atoms with Crippen LogP contribution in [0.25, 0.3) is 22.3 Å².